The number of ether oxygens (including phenoxy) is 1. The van der Waals surface area contributed by atoms with Gasteiger partial charge in [0.1, 0.15) is 23.3 Å². The fourth-order valence-corrected chi connectivity index (χ4v) is 5.15. The Morgan fingerprint density at radius 2 is 1.76 bits per heavy atom. The van der Waals surface area contributed by atoms with Crippen LogP contribution in [0.4, 0.5) is 4.39 Å². The minimum absolute atomic E-state index is 0.117. The third kappa shape index (κ3) is 5.06. The summed E-state index contributed by atoms with van der Waals surface area (Å²) in [6.45, 7) is 6.18. The Bertz CT molecular complexity index is 1390. The second-order valence-electron chi connectivity index (χ2n) is 9.94. The zero-order valence-corrected chi connectivity index (χ0v) is 21.5. The lowest BCUT2D eigenvalue weighted by Crippen LogP contribution is -2.58. The molecule has 3 aromatic rings. The Kier molecular flexibility index (Phi) is 7.28. The zero-order chi connectivity index (χ0) is 26.8. The van der Waals surface area contributed by atoms with Gasteiger partial charge in [-0.05, 0) is 56.5 Å². The van der Waals surface area contributed by atoms with Gasteiger partial charge in [-0.25, -0.2) is 4.39 Å². The smallest absolute Gasteiger partial charge is 0.275 e. The summed E-state index contributed by atoms with van der Waals surface area (Å²) < 4.78 is 21.0. The molecule has 1 fully saturated rings. The Labute approximate surface area is 220 Å². The lowest BCUT2D eigenvalue weighted by Gasteiger charge is -2.43. The van der Waals surface area contributed by atoms with Crippen LogP contribution in [0.5, 0.6) is 11.5 Å². The number of hydrogen-bond acceptors (Lipinski definition) is 5. The average Bonchev–Trinajstić information content (AvgIpc) is 3.13. The van der Waals surface area contributed by atoms with Gasteiger partial charge in [-0.1, -0.05) is 30.3 Å². The molecule has 2 aromatic carbocycles. The molecule has 5 rings (SSSR count). The largest absolute Gasteiger partial charge is 0.451 e. The average molecular weight is 519 g/mol. The molecule has 198 valence electrons. The Morgan fingerprint density at radius 3 is 2.47 bits per heavy atom. The molecule has 1 saturated heterocycles. The molecular formula is C29H31FN4O4. The molecule has 1 unspecified atom stereocenters. The van der Waals surface area contributed by atoms with E-state index >= 15 is 0 Å². The first kappa shape index (κ1) is 25.7. The fourth-order valence-electron chi connectivity index (χ4n) is 5.15. The van der Waals surface area contributed by atoms with Crippen molar-refractivity contribution in [2.24, 2.45) is 0 Å². The van der Waals surface area contributed by atoms with Crippen molar-refractivity contribution in [3.63, 3.8) is 0 Å². The molecule has 0 saturated carbocycles. The maximum atomic E-state index is 13.9. The summed E-state index contributed by atoms with van der Waals surface area (Å²) in [7, 11) is 0. The van der Waals surface area contributed by atoms with Crippen molar-refractivity contribution < 1.29 is 18.7 Å². The van der Waals surface area contributed by atoms with Gasteiger partial charge in [0.15, 0.2) is 5.69 Å². The number of fused-ring (bicyclic) bond motifs is 2. The third-order valence-corrected chi connectivity index (χ3v) is 7.11. The second-order valence-corrected chi connectivity index (χ2v) is 9.94. The first-order valence-corrected chi connectivity index (χ1v) is 12.9. The number of nitrogens with one attached hydrogen (secondary N) is 1. The highest BCUT2D eigenvalue weighted by atomic mass is 19.1. The van der Waals surface area contributed by atoms with Crippen molar-refractivity contribution in [3.05, 3.63) is 93.7 Å². The van der Waals surface area contributed by atoms with Gasteiger partial charge in [0.2, 0.25) is 11.2 Å². The van der Waals surface area contributed by atoms with E-state index in [1.165, 1.54) is 18.3 Å². The highest BCUT2D eigenvalue weighted by molar-refractivity contribution is 5.99. The molecule has 9 heteroatoms. The molecule has 2 aliphatic heterocycles. The van der Waals surface area contributed by atoms with E-state index in [0.717, 1.165) is 19.4 Å². The molecule has 0 spiro atoms. The summed E-state index contributed by atoms with van der Waals surface area (Å²) in [6, 6.07) is 14.7. The van der Waals surface area contributed by atoms with Crippen LogP contribution in [0.2, 0.25) is 0 Å². The number of halogens is 1. The van der Waals surface area contributed by atoms with Gasteiger partial charge in [0, 0.05) is 31.9 Å². The van der Waals surface area contributed by atoms with Crippen LogP contribution in [-0.2, 0) is 13.1 Å². The quantitative estimate of drug-likeness (QED) is 0.534. The van der Waals surface area contributed by atoms with Gasteiger partial charge < -0.3 is 19.5 Å². The van der Waals surface area contributed by atoms with E-state index in [2.05, 4.69) is 24.1 Å². The predicted molar refractivity (Wildman–Crippen MR) is 141 cm³/mol. The van der Waals surface area contributed by atoms with Crippen molar-refractivity contribution in [1.29, 1.82) is 0 Å². The van der Waals surface area contributed by atoms with Gasteiger partial charge in [-0.3, -0.25) is 19.3 Å². The fraction of sp³-hybridized carbons (Fsp3) is 0.345. The summed E-state index contributed by atoms with van der Waals surface area (Å²) >= 11 is 0. The van der Waals surface area contributed by atoms with Crippen LogP contribution in [0.1, 0.15) is 53.1 Å². The van der Waals surface area contributed by atoms with E-state index in [1.54, 1.807) is 41.0 Å². The molecule has 1 atom stereocenters. The Balaban J connectivity index is 1.56. The summed E-state index contributed by atoms with van der Waals surface area (Å²) in [6.07, 6.45) is 3.11. The minimum Gasteiger partial charge on any atom is -0.451 e. The second kappa shape index (κ2) is 10.8. The van der Waals surface area contributed by atoms with Crippen LogP contribution in [0.15, 0.2) is 65.6 Å². The van der Waals surface area contributed by atoms with Crippen LogP contribution in [0.25, 0.3) is 0 Å². The number of carbonyl (C=O) groups excluding carboxylic acids is 2. The van der Waals surface area contributed by atoms with Crippen molar-refractivity contribution in [2.45, 2.75) is 52.0 Å². The molecule has 0 bridgehead atoms. The molecule has 2 amide bonds. The van der Waals surface area contributed by atoms with E-state index in [0.29, 0.717) is 24.4 Å². The number of nitrogens with zero attached hydrogens (tertiary/aromatic N) is 3. The van der Waals surface area contributed by atoms with E-state index in [-0.39, 0.29) is 47.5 Å². The monoisotopic (exact) mass is 518 g/mol. The van der Waals surface area contributed by atoms with Crippen LogP contribution >= 0.6 is 0 Å². The molecular weight excluding hydrogens is 487 g/mol. The van der Waals surface area contributed by atoms with Crippen LogP contribution in [-0.4, -0.2) is 51.5 Å². The number of rotatable bonds is 6. The number of hydrogen-bond donors (Lipinski definition) is 1. The molecule has 1 aromatic heterocycles. The lowest BCUT2D eigenvalue weighted by molar-refractivity contribution is 0.0111. The standard InChI is InChI=1S/C29H31FN4O4/c1-19(2)33-14-6-7-15-34-24(33)18-32-17-23(28(36)31-16-20-10-12-21(30)13-11-20)26(35)27(25(32)29(34)37)38-22-8-4-3-5-9-22/h3-5,8-13,17,19,24H,6-7,14-16,18H2,1-2H3,(H,31,36). The first-order chi connectivity index (χ1) is 18.3. The highest BCUT2D eigenvalue weighted by Gasteiger charge is 2.41. The maximum Gasteiger partial charge on any atom is 0.275 e. The summed E-state index contributed by atoms with van der Waals surface area (Å²) in [5, 5.41) is 2.74. The molecule has 2 aliphatic rings. The van der Waals surface area contributed by atoms with E-state index in [9.17, 15) is 18.8 Å². The molecule has 0 radical (unpaired) electrons. The number of carbonyl (C=O) groups is 2. The van der Waals surface area contributed by atoms with E-state index < -0.39 is 11.3 Å². The van der Waals surface area contributed by atoms with Gasteiger partial charge >= 0.3 is 0 Å². The SMILES string of the molecule is CC(C)N1CCCCN2C(=O)c3c(Oc4ccccc4)c(=O)c(C(=O)NCc4ccc(F)cc4)cn3CC21. The van der Waals surface area contributed by atoms with Crippen LogP contribution in [0.3, 0.4) is 0 Å². The van der Waals surface area contributed by atoms with Gasteiger partial charge in [0.05, 0.1) is 6.54 Å². The normalized spacial score (nSPS) is 17.5. The summed E-state index contributed by atoms with van der Waals surface area (Å²) in [5.74, 6) is -1.01. The Morgan fingerprint density at radius 1 is 1.05 bits per heavy atom. The van der Waals surface area contributed by atoms with Gasteiger partial charge in [-0.15, -0.1) is 0 Å². The first-order valence-electron chi connectivity index (χ1n) is 12.9. The van der Waals surface area contributed by atoms with Crippen molar-refractivity contribution >= 4 is 11.8 Å². The minimum atomic E-state index is -0.654. The third-order valence-electron chi connectivity index (χ3n) is 7.11. The lowest BCUT2D eigenvalue weighted by atomic mass is 10.1. The molecule has 3 heterocycles. The molecule has 8 nitrogen and oxygen atoms in total. The molecule has 0 aliphatic carbocycles. The van der Waals surface area contributed by atoms with Crippen molar-refractivity contribution in [2.75, 3.05) is 13.1 Å². The summed E-state index contributed by atoms with van der Waals surface area (Å²) in [5.41, 5.74) is 0.0676. The van der Waals surface area contributed by atoms with Gasteiger partial charge in [0.25, 0.3) is 11.8 Å². The molecule has 38 heavy (non-hydrogen) atoms. The van der Waals surface area contributed by atoms with Crippen LogP contribution < -0.4 is 15.5 Å². The number of benzene rings is 2. The van der Waals surface area contributed by atoms with E-state index in [4.69, 9.17) is 4.74 Å². The molecule has 1 N–H and O–H groups in total. The van der Waals surface area contributed by atoms with Gasteiger partial charge in [-0.2, -0.15) is 0 Å². The number of aromatic nitrogens is 1. The number of para-hydroxylation sites is 1. The highest BCUT2D eigenvalue weighted by Crippen LogP contribution is 2.31. The number of amides is 2. The van der Waals surface area contributed by atoms with Crippen LogP contribution in [0, 0.1) is 5.82 Å². The van der Waals surface area contributed by atoms with Crippen molar-refractivity contribution in [1.82, 2.24) is 19.7 Å². The maximum absolute atomic E-state index is 13.9. The topological polar surface area (TPSA) is 83.9 Å². The predicted octanol–water partition coefficient (Wildman–Crippen LogP) is 4.00. The summed E-state index contributed by atoms with van der Waals surface area (Å²) in [4.78, 5) is 44.9. The zero-order valence-electron chi connectivity index (χ0n) is 21.5. The Hall–Kier alpha value is -3.98. The number of pyridine rings is 1. The van der Waals surface area contributed by atoms with Crippen molar-refractivity contribution in [3.8, 4) is 11.5 Å². The van der Waals surface area contributed by atoms with E-state index in [1.807, 2.05) is 11.0 Å².